The quantitative estimate of drug-likeness (QED) is 0.190. The molecular weight excluding hydrogens is 621 g/mol. The van der Waals surface area contributed by atoms with Gasteiger partial charge >= 0.3 is 0 Å². The van der Waals surface area contributed by atoms with Crippen LogP contribution in [0.4, 0.5) is 17.1 Å². The summed E-state index contributed by atoms with van der Waals surface area (Å²) in [5.41, 5.74) is 13.8. The fourth-order valence-electron chi connectivity index (χ4n) is 7.98. The lowest BCUT2D eigenvalue weighted by atomic mass is 9.73. The highest BCUT2D eigenvalue weighted by Gasteiger charge is 2.36. The number of nitriles is 2. The van der Waals surface area contributed by atoms with Crippen LogP contribution in [0.25, 0.3) is 49.7 Å². The van der Waals surface area contributed by atoms with E-state index in [0.29, 0.717) is 11.1 Å². The zero-order valence-electron chi connectivity index (χ0n) is 28.3. The largest absolute Gasteiger partial charge is 0.310 e. The van der Waals surface area contributed by atoms with Crippen LogP contribution in [0.1, 0.15) is 36.1 Å². The minimum atomic E-state index is -0.179. The molecule has 4 nitrogen and oxygen atoms in total. The van der Waals surface area contributed by atoms with Gasteiger partial charge < -0.3 is 9.47 Å². The monoisotopic (exact) mass is 652 g/mol. The van der Waals surface area contributed by atoms with E-state index in [4.69, 9.17) is 0 Å². The van der Waals surface area contributed by atoms with Crippen LogP contribution < -0.4 is 4.90 Å². The minimum Gasteiger partial charge on any atom is -0.310 e. The Balaban J connectivity index is 1.34. The normalized spacial score (nSPS) is 13.0. The number of benzene rings is 7. The van der Waals surface area contributed by atoms with E-state index >= 15 is 0 Å². The Bertz CT molecular complexity index is 2670. The number of aromatic nitrogens is 1. The molecule has 0 amide bonds. The fraction of sp³-hybridized carbons (Fsp3) is 0.0638. The Morgan fingerprint density at radius 1 is 0.490 bits per heavy atom. The standard InChI is InChI=1S/C47H32N4/c1-47(2)41-16-5-9-20-45(41)51(46-21-10-6-17-42(46)47)37-27-35(32-12-11-13-33(25-32)40-24-31(29-48)22-23-34(40)30-49)26-36(28-37)50-43-18-7-3-14-38(43)39-15-4-8-19-44(39)50/h3-28H,1-2H3. The molecule has 1 aliphatic heterocycles. The molecule has 0 aliphatic carbocycles. The average molecular weight is 653 g/mol. The summed E-state index contributed by atoms with van der Waals surface area (Å²) in [5.74, 6) is 0. The van der Waals surface area contributed by atoms with E-state index in [1.807, 2.05) is 12.1 Å². The van der Waals surface area contributed by atoms with Crippen molar-refractivity contribution < 1.29 is 0 Å². The molecule has 0 saturated carbocycles. The number of hydrogen-bond donors (Lipinski definition) is 0. The number of nitrogens with zero attached hydrogens (tertiary/aromatic N) is 4. The predicted molar refractivity (Wildman–Crippen MR) is 208 cm³/mol. The van der Waals surface area contributed by atoms with Gasteiger partial charge in [0.25, 0.3) is 0 Å². The second kappa shape index (κ2) is 11.6. The smallest absolute Gasteiger partial charge is 0.0998 e. The van der Waals surface area contributed by atoms with Crippen LogP contribution in [0, 0.1) is 22.7 Å². The van der Waals surface area contributed by atoms with Crippen molar-refractivity contribution in [3.63, 3.8) is 0 Å². The number of rotatable bonds is 4. The van der Waals surface area contributed by atoms with Crippen molar-refractivity contribution in [1.82, 2.24) is 4.57 Å². The molecule has 7 aromatic carbocycles. The molecule has 0 N–H and O–H groups in total. The summed E-state index contributed by atoms with van der Waals surface area (Å²) in [6.45, 7) is 4.62. The lowest BCUT2D eigenvalue weighted by molar-refractivity contribution is 0.632. The highest BCUT2D eigenvalue weighted by molar-refractivity contribution is 6.09. The van der Waals surface area contributed by atoms with Crippen LogP contribution in [-0.4, -0.2) is 4.57 Å². The first-order valence-electron chi connectivity index (χ1n) is 17.1. The van der Waals surface area contributed by atoms with Crippen molar-refractivity contribution in [2.24, 2.45) is 0 Å². The average Bonchev–Trinajstić information content (AvgIpc) is 3.52. The second-order valence-corrected chi connectivity index (χ2v) is 13.7. The van der Waals surface area contributed by atoms with Crippen molar-refractivity contribution in [1.29, 1.82) is 10.5 Å². The summed E-state index contributed by atoms with van der Waals surface area (Å²) < 4.78 is 2.37. The van der Waals surface area contributed by atoms with Crippen LogP contribution in [0.15, 0.2) is 158 Å². The highest BCUT2D eigenvalue weighted by Crippen LogP contribution is 2.52. The van der Waals surface area contributed by atoms with E-state index in [2.05, 4.69) is 163 Å². The molecule has 0 unspecified atom stereocenters. The molecule has 0 saturated heterocycles. The Labute approximate surface area is 297 Å². The van der Waals surface area contributed by atoms with E-state index in [-0.39, 0.29) is 5.41 Å². The van der Waals surface area contributed by atoms with Gasteiger partial charge in [-0.3, -0.25) is 0 Å². The second-order valence-electron chi connectivity index (χ2n) is 13.7. The van der Waals surface area contributed by atoms with Gasteiger partial charge in [0.2, 0.25) is 0 Å². The Morgan fingerprint density at radius 2 is 1.08 bits per heavy atom. The summed E-state index contributed by atoms with van der Waals surface area (Å²) >= 11 is 0. The van der Waals surface area contributed by atoms with E-state index in [0.717, 1.165) is 56.0 Å². The van der Waals surface area contributed by atoms with Gasteiger partial charge in [-0.25, -0.2) is 0 Å². The minimum absolute atomic E-state index is 0.179. The Morgan fingerprint density at radius 3 is 1.73 bits per heavy atom. The molecule has 0 fully saturated rings. The number of fused-ring (bicyclic) bond motifs is 5. The molecule has 4 heteroatoms. The maximum absolute atomic E-state index is 9.98. The molecule has 1 aromatic heterocycles. The van der Waals surface area contributed by atoms with Gasteiger partial charge in [-0.1, -0.05) is 105 Å². The van der Waals surface area contributed by atoms with Gasteiger partial charge in [-0.05, 0) is 94.5 Å². The van der Waals surface area contributed by atoms with E-state index in [1.54, 1.807) is 18.2 Å². The highest BCUT2D eigenvalue weighted by atomic mass is 15.2. The summed E-state index contributed by atoms with van der Waals surface area (Å²) in [4.78, 5) is 2.41. The molecule has 9 rings (SSSR count). The molecule has 0 atom stereocenters. The lowest BCUT2D eigenvalue weighted by Gasteiger charge is -2.42. The molecule has 51 heavy (non-hydrogen) atoms. The summed E-state index contributed by atoms with van der Waals surface area (Å²) in [7, 11) is 0. The zero-order valence-corrected chi connectivity index (χ0v) is 28.3. The first-order valence-corrected chi connectivity index (χ1v) is 17.1. The van der Waals surface area contributed by atoms with E-state index < -0.39 is 0 Å². The topological polar surface area (TPSA) is 55.8 Å². The van der Waals surface area contributed by atoms with E-state index in [1.165, 1.54) is 21.9 Å². The van der Waals surface area contributed by atoms with Crippen molar-refractivity contribution in [3.8, 4) is 40.1 Å². The lowest BCUT2D eigenvalue weighted by Crippen LogP contribution is -2.30. The van der Waals surface area contributed by atoms with Gasteiger partial charge in [0.05, 0.1) is 45.7 Å². The summed E-state index contributed by atoms with van der Waals surface area (Å²) in [6, 6.07) is 59.6. The van der Waals surface area contributed by atoms with Gasteiger partial charge in [-0.2, -0.15) is 10.5 Å². The van der Waals surface area contributed by atoms with Crippen molar-refractivity contribution >= 4 is 38.9 Å². The van der Waals surface area contributed by atoms with Gasteiger partial charge in [0, 0.05) is 33.1 Å². The van der Waals surface area contributed by atoms with E-state index in [9.17, 15) is 10.5 Å². The molecule has 240 valence electrons. The van der Waals surface area contributed by atoms with Crippen LogP contribution in [0.3, 0.4) is 0 Å². The molecule has 0 bridgehead atoms. The number of anilines is 3. The molecular formula is C47H32N4. The van der Waals surface area contributed by atoms with Crippen LogP contribution >= 0.6 is 0 Å². The third-order valence-electron chi connectivity index (χ3n) is 10.4. The first-order chi connectivity index (χ1) is 25.0. The summed E-state index contributed by atoms with van der Waals surface area (Å²) in [6.07, 6.45) is 0. The SMILES string of the molecule is CC1(C)c2ccccc2N(c2cc(-c3cccc(-c4cc(C#N)ccc4C#N)c3)cc(-n3c4ccccc4c4ccccc43)c2)c2ccccc21. The third kappa shape index (κ3) is 4.73. The molecule has 2 heterocycles. The van der Waals surface area contributed by atoms with Crippen LogP contribution in [-0.2, 0) is 5.41 Å². The van der Waals surface area contributed by atoms with Gasteiger partial charge in [-0.15, -0.1) is 0 Å². The predicted octanol–water partition coefficient (Wildman–Crippen LogP) is 12.0. The van der Waals surface area contributed by atoms with Crippen molar-refractivity contribution in [2.75, 3.05) is 4.90 Å². The van der Waals surface area contributed by atoms with Gasteiger partial charge in [0.1, 0.15) is 0 Å². The molecule has 8 aromatic rings. The number of para-hydroxylation sites is 4. The summed E-state index contributed by atoms with van der Waals surface area (Å²) in [5, 5.41) is 22.1. The Kier molecular flexibility index (Phi) is 6.88. The molecule has 1 aliphatic rings. The third-order valence-corrected chi connectivity index (χ3v) is 10.4. The zero-order chi connectivity index (χ0) is 34.7. The first kappa shape index (κ1) is 30.2. The number of hydrogen-bond acceptors (Lipinski definition) is 3. The fourth-order valence-corrected chi connectivity index (χ4v) is 7.98. The molecule has 0 spiro atoms. The maximum atomic E-state index is 9.98. The van der Waals surface area contributed by atoms with Crippen molar-refractivity contribution in [2.45, 2.75) is 19.3 Å². The maximum Gasteiger partial charge on any atom is 0.0998 e. The van der Waals surface area contributed by atoms with Gasteiger partial charge in [0.15, 0.2) is 0 Å². The van der Waals surface area contributed by atoms with Crippen LogP contribution in [0.2, 0.25) is 0 Å². The van der Waals surface area contributed by atoms with Crippen molar-refractivity contribution in [3.05, 3.63) is 180 Å². The molecule has 0 radical (unpaired) electrons. The Hall–Kier alpha value is -6.88. The van der Waals surface area contributed by atoms with Crippen LogP contribution in [0.5, 0.6) is 0 Å².